The van der Waals surface area contributed by atoms with Gasteiger partial charge in [-0.1, -0.05) is 24.3 Å². The minimum absolute atomic E-state index is 0.132. The number of carbonyl (C=O) groups is 2. The number of amides is 2. The predicted octanol–water partition coefficient (Wildman–Crippen LogP) is 5.23. The second-order valence-corrected chi connectivity index (χ2v) is 8.46. The van der Waals surface area contributed by atoms with Crippen LogP contribution in [-0.2, 0) is 4.79 Å². The van der Waals surface area contributed by atoms with Crippen LogP contribution in [0.2, 0.25) is 0 Å². The number of nitrogens with zero attached hydrogens (tertiary/aromatic N) is 1. The van der Waals surface area contributed by atoms with Crippen LogP contribution in [-0.4, -0.2) is 17.6 Å². The molecule has 2 amide bonds. The largest absolute Gasteiger partial charge is 0.321 e. The lowest BCUT2D eigenvalue weighted by molar-refractivity contribution is -0.115. The summed E-state index contributed by atoms with van der Waals surface area (Å²) < 4.78 is 14.4. The number of aryl methyl sites for hydroxylation is 1. The van der Waals surface area contributed by atoms with Gasteiger partial charge in [-0.2, -0.15) is 0 Å². The lowest BCUT2D eigenvalue weighted by Crippen LogP contribution is -2.28. The zero-order valence-corrected chi connectivity index (χ0v) is 16.6. The maximum atomic E-state index is 14.4. The molecule has 3 aromatic rings. The van der Waals surface area contributed by atoms with E-state index in [4.69, 9.17) is 0 Å². The molecular formula is C21H17FN2O2S2. The van der Waals surface area contributed by atoms with Crippen molar-refractivity contribution in [2.45, 2.75) is 12.3 Å². The van der Waals surface area contributed by atoms with E-state index >= 15 is 0 Å². The van der Waals surface area contributed by atoms with Crippen LogP contribution in [0.15, 0.2) is 60.0 Å². The van der Waals surface area contributed by atoms with Crippen LogP contribution in [0.25, 0.3) is 0 Å². The van der Waals surface area contributed by atoms with Crippen LogP contribution < -0.4 is 10.2 Å². The number of nitrogens with one attached hydrogen (secondary N) is 1. The zero-order chi connectivity index (χ0) is 19.7. The molecule has 1 atom stereocenters. The van der Waals surface area contributed by atoms with Crippen LogP contribution >= 0.6 is 23.1 Å². The van der Waals surface area contributed by atoms with Gasteiger partial charge in [-0.15, -0.1) is 23.1 Å². The lowest BCUT2D eigenvalue weighted by Gasteiger charge is -2.25. The number of anilines is 2. The van der Waals surface area contributed by atoms with Crippen LogP contribution in [0.4, 0.5) is 15.8 Å². The smallest absolute Gasteiger partial charge is 0.265 e. The van der Waals surface area contributed by atoms with Gasteiger partial charge in [0.1, 0.15) is 11.2 Å². The lowest BCUT2D eigenvalue weighted by atomic mass is 10.1. The van der Waals surface area contributed by atoms with Crippen LogP contribution in [0.5, 0.6) is 0 Å². The highest BCUT2D eigenvalue weighted by atomic mass is 32.2. The Morgan fingerprint density at radius 2 is 2.04 bits per heavy atom. The number of hydrogen-bond donors (Lipinski definition) is 1. The van der Waals surface area contributed by atoms with Crippen molar-refractivity contribution in [3.8, 4) is 0 Å². The average molecular weight is 413 g/mol. The molecule has 0 bridgehead atoms. The first-order chi connectivity index (χ1) is 13.5. The highest BCUT2D eigenvalue weighted by Gasteiger charge is 2.35. The molecule has 0 aliphatic carbocycles. The quantitative estimate of drug-likeness (QED) is 0.639. The molecule has 1 saturated heterocycles. The number of thioether (sulfide) groups is 1. The molecule has 0 radical (unpaired) electrons. The van der Waals surface area contributed by atoms with Crippen LogP contribution in [0.3, 0.4) is 0 Å². The van der Waals surface area contributed by atoms with E-state index in [0.717, 1.165) is 11.1 Å². The molecule has 1 unspecified atom stereocenters. The summed E-state index contributed by atoms with van der Waals surface area (Å²) in [5.41, 5.74) is 2.64. The Balaban J connectivity index is 1.63. The minimum Gasteiger partial charge on any atom is -0.321 e. The van der Waals surface area contributed by atoms with Gasteiger partial charge >= 0.3 is 0 Å². The van der Waals surface area contributed by atoms with E-state index < -0.39 is 5.82 Å². The molecule has 4 rings (SSSR count). The standard InChI is InChI=1S/C21H17FN2O2S2/c1-13-7-8-16(22)17(10-13)24-19(25)12-28-21(24)14-4-2-5-15(11-14)23-20(26)18-6-3-9-27-18/h2-11,21H,12H2,1H3,(H,23,26). The van der Waals surface area contributed by atoms with Crippen molar-refractivity contribution in [2.24, 2.45) is 0 Å². The fourth-order valence-electron chi connectivity index (χ4n) is 3.11. The van der Waals surface area contributed by atoms with E-state index in [9.17, 15) is 14.0 Å². The first-order valence-electron chi connectivity index (χ1n) is 8.67. The summed E-state index contributed by atoms with van der Waals surface area (Å²) >= 11 is 2.82. The third-order valence-corrected chi connectivity index (χ3v) is 6.48. The molecule has 0 spiro atoms. The molecule has 1 N–H and O–H groups in total. The Kier molecular flexibility index (Phi) is 5.19. The van der Waals surface area contributed by atoms with Crippen molar-refractivity contribution in [3.05, 3.63) is 81.8 Å². The van der Waals surface area contributed by atoms with E-state index in [1.807, 2.05) is 36.6 Å². The van der Waals surface area contributed by atoms with E-state index in [2.05, 4.69) is 5.32 Å². The minimum atomic E-state index is -0.423. The molecule has 2 heterocycles. The summed E-state index contributed by atoms with van der Waals surface area (Å²) in [7, 11) is 0. The summed E-state index contributed by atoms with van der Waals surface area (Å²) in [6, 6.07) is 15.7. The monoisotopic (exact) mass is 412 g/mol. The number of thiophene rings is 1. The predicted molar refractivity (Wildman–Crippen MR) is 113 cm³/mol. The highest BCUT2D eigenvalue weighted by molar-refractivity contribution is 8.00. The van der Waals surface area contributed by atoms with Crippen molar-refractivity contribution in [1.82, 2.24) is 0 Å². The van der Waals surface area contributed by atoms with E-state index in [1.165, 1.54) is 34.1 Å². The maximum absolute atomic E-state index is 14.4. The molecule has 142 valence electrons. The molecule has 1 aliphatic rings. The van der Waals surface area contributed by atoms with E-state index in [0.29, 0.717) is 10.6 Å². The highest BCUT2D eigenvalue weighted by Crippen LogP contribution is 2.43. The summed E-state index contributed by atoms with van der Waals surface area (Å²) in [6.45, 7) is 1.87. The second-order valence-electron chi connectivity index (χ2n) is 6.44. The Morgan fingerprint density at radius 1 is 1.18 bits per heavy atom. The van der Waals surface area contributed by atoms with Crippen molar-refractivity contribution >= 4 is 46.3 Å². The Morgan fingerprint density at radius 3 is 2.82 bits per heavy atom. The average Bonchev–Trinajstić information content (AvgIpc) is 3.34. The van der Waals surface area contributed by atoms with Gasteiger partial charge in [-0.25, -0.2) is 4.39 Å². The van der Waals surface area contributed by atoms with Gasteiger partial charge in [-0.3, -0.25) is 14.5 Å². The van der Waals surface area contributed by atoms with Gasteiger partial charge in [0.25, 0.3) is 5.91 Å². The number of hydrogen-bond acceptors (Lipinski definition) is 4. The SMILES string of the molecule is Cc1ccc(F)c(N2C(=O)CSC2c2cccc(NC(=O)c3cccs3)c2)c1. The fraction of sp³-hybridized carbons (Fsp3) is 0.143. The van der Waals surface area contributed by atoms with Crippen molar-refractivity contribution in [2.75, 3.05) is 16.0 Å². The zero-order valence-electron chi connectivity index (χ0n) is 15.0. The van der Waals surface area contributed by atoms with Gasteiger partial charge in [0.15, 0.2) is 0 Å². The van der Waals surface area contributed by atoms with Crippen molar-refractivity contribution in [3.63, 3.8) is 0 Å². The Bertz CT molecular complexity index is 1040. The van der Waals surface area contributed by atoms with Crippen molar-refractivity contribution in [1.29, 1.82) is 0 Å². The van der Waals surface area contributed by atoms with Gasteiger partial charge < -0.3 is 5.32 Å². The van der Waals surface area contributed by atoms with Gasteiger partial charge in [0.05, 0.1) is 16.3 Å². The van der Waals surface area contributed by atoms with Crippen LogP contribution in [0.1, 0.15) is 26.2 Å². The molecule has 1 fully saturated rings. The van der Waals surface area contributed by atoms with Crippen LogP contribution in [0, 0.1) is 12.7 Å². The second kappa shape index (κ2) is 7.77. The third kappa shape index (κ3) is 3.68. The normalized spacial score (nSPS) is 16.4. The Labute approximate surface area is 170 Å². The van der Waals surface area contributed by atoms with E-state index in [1.54, 1.807) is 24.3 Å². The number of carbonyl (C=O) groups excluding carboxylic acids is 2. The van der Waals surface area contributed by atoms with E-state index in [-0.39, 0.29) is 28.6 Å². The Hall–Kier alpha value is -2.64. The molecule has 2 aromatic carbocycles. The number of halogens is 1. The summed E-state index contributed by atoms with van der Waals surface area (Å²) in [6.07, 6.45) is 0. The molecule has 1 aromatic heterocycles. The topological polar surface area (TPSA) is 49.4 Å². The first-order valence-corrected chi connectivity index (χ1v) is 10.6. The van der Waals surface area contributed by atoms with Crippen molar-refractivity contribution < 1.29 is 14.0 Å². The number of rotatable bonds is 4. The van der Waals surface area contributed by atoms with Gasteiger partial charge in [0, 0.05) is 5.69 Å². The molecule has 28 heavy (non-hydrogen) atoms. The summed E-state index contributed by atoms with van der Waals surface area (Å²) in [5, 5.41) is 4.38. The summed E-state index contributed by atoms with van der Waals surface area (Å²) in [5.74, 6) is -0.450. The molecule has 0 saturated carbocycles. The fourth-order valence-corrected chi connectivity index (χ4v) is 4.89. The van der Waals surface area contributed by atoms with Gasteiger partial charge in [0.2, 0.25) is 5.91 Å². The molecule has 7 heteroatoms. The summed E-state index contributed by atoms with van der Waals surface area (Å²) in [4.78, 5) is 26.9. The first kappa shape index (κ1) is 18.7. The molecule has 4 nitrogen and oxygen atoms in total. The van der Waals surface area contributed by atoms with Gasteiger partial charge in [-0.05, 0) is 53.8 Å². The molecular weight excluding hydrogens is 395 g/mol. The maximum Gasteiger partial charge on any atom is 0.265 e. The number of benzene rings is 2. The third-order valence-electron chi connectivity index (χ3n) is 4.40. The molecule has 1 aliphatic heterocycles.